The average Bonchev–Trinajstić information content (AvgIpc) is 3.35. The molecule has 5 rings (SSSR count). The predicted molar refractivity (Wildman–Crippen MR) is 124 cm³/mol. The van der Waals surface area contributed by atoms with Gasteiger partial charge in [-0.05, 0) is 51.2 Å². The topological polar surface area (TPSA) is 72.3 Å². The summed E-state index contributed by atoms with van der Waals surface area (Å²) in [6, 6.07) is 9.85. The summed E-state index contributed by atoms with van der Waals surface area (Å²) in [6.45, 7) is 2.21. The van der Waals surface area contributed by atoms with Gasteiger partial charge in [0, 0.05) is 41.7 Å². The van der Waals surface area contributed by atoms with Gasteiger partial charge in [-0.2, -0.15) is 5.10 Å². The number of fused-ring (bicyclic) bond motifs is 2. The zero-order valence-electron chi connectivity index (χ0n) is 17.9. The molecule has 0 atom stereocenters. The molecule has 1 saturated heterocycles. The standard InChI is InChI=1S/C23H25N5O2S/c1-27-8-6-14(7-9-27)17-5-4-15-11-21(31-23(15)25-17)22(29)24-19-10-16-13-28(2)26-18(16)12-20(19)30-3/h4-5,10-14H,6-9H2,1-3H3,(H,24,29). The van der Waals surface area contributed by atoms with Gasteiger partial charge in [0.2, 0.25) is 0 Å². The average molecular weight is 436 g/mol. The molecule has 0 unspecified atom stereocenters. The zero-order valence-corrected chi connectivity index (χ0v) is 18.7. The van der Waals surface area contributed by atoms with E-state index in [-0.39, 0.29) is 5.91 Å². The van der Waals surface area contributed by atoms with Gasteiger partial charge in [-0.1, -0.05) is 6.07 Å². The Morgan fingerprint density at radius 2 is 1.97 bits per heavy atom. The van der Waals surface area contributed by atoms with E-state index in [4.69, 9.17) is 9.72 Å². The first-order chi connectivity index (χ1) is 15.0. The van der Waals surface area contributed by atoms with E-state index in [1.54, 1.807) is 11.8 Å². The van der Waals surface area contributed by atoms with Gasteiger partial charge in [0.15, 0.2) is 0 Å². The molecular formula is C23H25N5O2S. The van der Waals surface area contributed by atoms with Crippen molar-refractivity contribution < 1.29 is 9.53 Å². The summed E-state index contributed by atoms with van der Waals surface area (Å²) in [7, 11) is 5.63. The number of hydrogen-bond acceptors (Lipinski definition) is 6. The molecule has 1 aliphatic rings. The number of aromatic nitrogens is 3. The van der Waals surface area contributed by atoms with Crippen molar-refractivity contribution >= 4 is 44.1 Å². The van der Waals surface area contributed by atoms with Gasteiger partial charge in [-0.3, -0.25) is 9.48 Å². The number of pyridine rings is 1. The van der Waals surface area contributed by atoms with Crippen molar-refractivity contribution in [2.24, 2.45) is 7.05 Å². The van der Waals surface area contributed by atoms with Crippen LogP contribution < -0.4 is 10.1 Å². The molecule has 1 aliphatic heterocycles. The molecule has 0 aliphatic carbocycles. The van der Waals surface area contributed by atoms with E-state index < -0.39 is 0 Å². The zero-order chi connectivity index (χ0) is 21.5. The second-order valence-corrected chi connectivity index (χ2v) is 9.22. The number of amides is 1. The molecule has 160 valence electrons. The van der Waals surface area contributed by atoms with E-state index in [1.807, 2.05) is 31.4 Å². The van der Waals surface area contributed by atoms with E-state index in [1.165, 1.54) is 11.3 Å². The number of nitrogens with zero attached hydrogens (tertiary/aromatic N) is 4. The third-order valence-electron chi connectivity index (χ3n) is 5.95. The van der Waals surface area contributed by atoms with Crippen LogP contribution in [0.4, 0.5) is 5.69 Å². The molecule has 0 saturated carbocycles. The molecular weight excluding hydrogens is 410 g/mol. The van der Waals surface area contributed by atoms with E-state index in [0.717, 1.165) is 52.7 Å². The summed E-state index contributed by atoms with van der Waals surface area (Å²) in [5.41, 5.74) is 2.59. The van der Waals surface area contributed by atoms with Crippen LogP contribution in [0.1, 0.15) is 34.1 Å². The van der Waals surface area contributed by atoms with Gasteiger partial charge in [0.1, 0.15) is 10.6 Å². The lowest BCUT2D eigenvalue weighted by atomic mass is 9.93. The number of nitrogens with one attached hydrogen (secondary N) is 1. The van der Waals surface area contributed by atoms with Crippen molar-refractivity contribution in [1.29, 1.82) is 0 Å². The molecule has 8 heteroatoms. The highest BCUT2D eigenvalue weighted by atomic mass is 32.1. The molecule has 1 amide bonds. The van der Waals surface area contributed by atoms with Crippen molar-refractivity contribution in [2.45, 2.75) is 18.8 Å². The summed E-state index contributed by atoms with van der Waals surface area (Å²) in [4.78, 5) is 21.8. The maximum atomic E-state index is 13.0. The van der Waals surface area contributed by atoms with Crippen LogP contribution in [0.5, 0.6) is 5.75 Å². The van der Waals surface area contributed by atoms with Crippen LogP contribution >= 0.6 is 11.3 Å². The quantitative estimate of drug-likeness (QED) is 0.519. The summed E-state index contributed by atoms with van der Waals surface area (Å²) in [6.07, 6.45) is 4.17. The van der Waals surface area contributed by atoms with Gasteiger partial charge in [0.25, 0.3) is 5.91 Å². The van der Waals surface area contributed by atoms with Crippen LogP contribution in [0.3, 0.4) is 0 Å². The second-order valence-electron chi connectivity index (χ2n) is 8.19. The molecule has 31 heavy (non-hydrogen) atoms. The molecule has 0 spiro atoms. The largest absolute Gasteiger partial charge is 0.494 e. The minimum atomic E-state index is -0.162. The number of hydrogen-bond donors (Lipinski definition) is 1. The number of anilines is 1. The molecule has 7 nitrogen and oxygen atoms in total. The molecule has 4 aromatic rings. The Balaban J connectivity index is 1.40. The van der Waals surface area contributed by atoms with Crippen LogP contribution in [0, 0.1) is 0 Å². The van der Waals surface area contributed by atoms with Gasteiger partial charge in [-0.25, -0.2) is 4.98 Å². The molecule has 0 radical (unpaired) electrons. The molecule has 0 bridgehead atoms. The molecule has 3 aromatic heterocycles. The number of ether oxygens (including phenoxy) is 1. The number of carbonyl (C=O) groups is 1. The second kappa shape index (κ2) is 7.94. The fourth-order valence-electron chi connectivity index (χ4n) is 4.20. The Morgan fingerprint density at radius 3 is 2.74 bits per heavy atom. The number of piperidine rings is 1. The highest BCUT2D eigenvalue weighted by Gasteiger charge is 2.21. The Bertz CT molecular complexity index is 1270. The fourth-order valence-corrected chi connectivity index (χ4v) is 5.14. The van der Waals surface area contributed by atoms with Gasteiger partial charge in [-0.15, -0.1) is 11.3 Å². The van der Waals surface area contributed by atoms with Crippen LogP contribution in [0.2, 0.25) is 0 Å². The van der Waals surface area contributed by atoms with Crippen molar-refractivity contribution in [2.75, 3.05) is 32.6 Å². The smallest absolute Gasteiger partial charge is 0.265 e. The summed E-state index contributed by atoms with van der Waals surface area (Å²) < 4.78 is 7.22. The van der Waals surface area contributed by atoms with Gasteiger partial charge < -0.3 is 15.0 Å². The highest BCUT2D eigenvalue weighted by Crippen LogP contribution is 2.33. The summed E-state index contributed by atoms with van der Waals surface area (Å²) >= 11 is 1.43. The molecule has 1 aromatic carbocycles. The SMILES string of the molecule is COc1cc2nn(C)cc2cc1NC(=O)c1cc2ccc(C3CCN(C)CC3)nc2s1. The number of rotatable bonds is 4. The third-order valence-corrected chi connectivity index (χ3v) is 7.00. The lowest BCUT2D eigenvalue weighted by Gasteiger charge is -2.28. The van der Waals surface area contributed by atoms with Gasteiger partial charge in [0.05, 0.1) is 23.2 Å². The molecule has 4 heterocycles. The lowest BCUT2D eigenvalue weighted by Crippen LogP contribution is -2.29. The third kappa shape index (κ3) is 3.88. The summed E-state index contributed by atoms with van der Waals surface area (Å²) in [5, 5.41) is 9.34. The van der Waals surface area contributed by atoms with E-state index in [0.29, 0.717) is 22.2 Å². The first-order valence-electron chi connectivity index (χ1n) is 10.4. The Hall–Kier alpha value is -2.97. The van der Waals surface area contributed by atoms with Crippen molar-refractivity contribution in [3.8, 4) is 5.75 Å². The first-order valence-corrected chi connectivity index (χ1v) is 11.2. The predicted octanol–water partition coefficient (Wildman–Crippen LogP) is 4.25. The molecule has 1 N–H and O–H groups in total. The number of carbonyl (C=O) groups excluding carboxylic acids is 1. The van der Waals surface area contributed by atoms with E-state index >= 15 is 0 Å². The first kappa shape index (κ1) is 20.0. The highest BCUT2D eigenvalue weighted by molar-refractivity contribution is 7.20. The van der Waals surface area contributed by atoms with Crippen LogP contribution in [-0.2, 0) is 7.05 Å². The lowest BCUT2D eigenvalue weighted by molar-refractivity contribution is 0.103. The normalized spacial score (nSPS) is 15.6. The number of methoxy groups -OCH3 is 1. The number of thiophene rings is 1. The van der Waals surface area contributed by atoms with E-state index in [9.17, 15) is 4.79 Å². The molecule has 1 fully saturated rings. The Kier molecular flexibility index (Phi) is 5.11. The maximum Gasteiger partial charge on any atom is 0.265 e. The van der Waals surface area contributed by atoms with Crippen LogP contribution in [-0.4, -0.2) is 52.8 Å². The number of benzene rings is 1. The van der Waals surface area contributed by atoms with Crippen molar-refractivity contribution in [1.82, 2.24) is 19.7 Å². The minimum absolute atomic E-state index is 0.162. The van der Waals surface area contributed by atoms with Crippen LogP contribution in [0.25, 0.3) is 21.1 Å². The fraction of sp³-hybridized carbons (Fsp3) is 0.348. The summed E-state index contributed by atoms with van der Waals surface area (Å²) in [5.74, 6) is 0.921. The maximum absolute atomic E-state index is 13.0. The number of aryl methyl sites for hydroxylation is 1. The number of likely N-dealkylation sites (tertiary alicyclic amines) is 1. The minimum Gasteiger partial charge on any atom is -0.494 e. The van der Waals surface area contributed by atoms with Crippen molar-refractivity contribution in [3.63, 3.8) is 0 Å². The monoisotopic (exact) mass is 435 g/mol. The van der Waals surface area contributed by atoms with Crippen molar-refractivity contribution in [3.05, 3.63) is 47.1 Å². The Labute approximate surface area is 184 Å². The van der Waals surface area contributed by atoms with Gasteiger partial charge >= 0.3 is 0 Å². The Morgan fingerprint density at radius 1 is 1.16 bits per heavy atom. The van der Waals surface area contributed by atoms with Crippen LogP contribution in [0.15, 0.2) is 36.5 Å². The van der Waals surface area contributed by atoms with E-state index in [2.05, 4.69) is 34.5 Å².